The van der Waals surface area contributed by atoms with Crippen LogP contribution in [0.15, 0.2) is 52.8 Å². The maximum Gasteiger partial charge on any atom is 0.162 e. The van der Waals surface area contributed by atoms with Crippen molar-refractivity contribution in [3.63, 3.8) is 0 Å². The summed E-state index contributed by atoms with van der Waals surface area (Å²) in [6.07, 6.45) is 3.78. The van der Waals surface area contributed by atoms with Gasteiger partial charge in [-0.25, -0.2) is 9.97 Å². The molecule has 0 radical (unpaired) electrons. The lowest BCUT2D eigenvalue weighted by atomic mass is 10.1. The third-order valence-corrected chi connectivity index (χ3v) is 3.23. The van der Waals surface area contributed by atoms with Crippen LogP contribution in [-0.2, 0) is 0 Å². The van der Waals surface area contributed by atoms with E-state index < -0.39 is 0 Å². The monoisotopic (exact) mass is 244 g/mol. The highest BCUT2D eigenvalue weighted by molar-refractivity contribution is 7.99. The van der Waals surface area contributed by atoms with E-state index in [4.69, 9.17) is 0 Å². The molecule has 0 saturated carbocycles. The molecule has 0 atom stereocenters. The number of hydrogen-bond acceptors (Lipinski definition) is 4. The Morgan fingerprint density at radius 2 is 2.00 bits per heavy atom. The van der Waals surface area contributed by atoms with Gasteiger partial charge in [0.25, 0.3) is 0 Å². The lowest BCUT2D eigenvalue weighted by molar-refractivity contribution is 0.0988. The van der Waals surface area contributed by atoms with E-state index in [2.05, 4.69) is 9.97 Å². The van der Waals surface area contributed by atoms with Crippen LogP contribution < -0.4 is 0 Å². The predicted molar refractivity (Wildman–Crippen MR) is 67.2 cm³/mol. The second kappa shape index (κ2) is 5.59. The van der Waals surface area contributed by atoms with Crippen LogP contribution in [0.25, 0.3) is 0 Å². The second-order valence-corrected chi connectivity index (χ2v) is 4.54. The van der Waals surface area contributed by atoms with Gasteiger partial charge in [0.05, 0.1) is 0 Å². The van der Waals surface area contributed by atoms with E-state index in [0.29, 0.717) is 6.42 Å². The third kappa shape index (κ3) is 3.14. The van der Waals surface area contributed by atoms with E-state index in [0.717, 1.165) is 15.5 Å². The zero-order valence-electron chi connectivity index (χ0n) is 9.46. The number of nitrogens with zero attached hydrogens (tertiary/aromatic N) is 2. The van der Waals surface area contributed by atoms with Crippen molar-refractivity contribution < 1.29 is 4.79 Å². The summed E-state index contributed by atoms with van der Waals surface area (Å²) in [7, 11) is 0. The molecular weight excluding hydrogens is 232 g/mol. The Labute approximate surface area is 104 Å². The first kappa shape index (κ1) is 11.8. The second-order valence-electron chi connectivity index (χ2n) is 3.45. The average molecular weight is 244 g/mol. The summed E-state index contributed by atoms with van der Waals surface area (Å²) >= 11 is 1.55. The number of benzene rings is 1. The van der Waals surface area contributed by atoms with Crippen LogP contribution in [0, 0.1) is 0 Å². The molecule has 0 aliphatic rings. The molecule has 2 aromatic rings. The van der Waals surface area contributed by atoms with E-state index in [1.807, 2.05) is 37.3 Å². The van der Waals surface area contributed by atoms with Crippen molar-refractivity contribution in [1.82, 2.24) is 9.97 Å². The maximum atomic E-state index is 11.5. The number of carbonyl (C=O) groups excluding carboxylic acids is 1. The number of carbonyl (C=O) groups is 1. The van der Waals surface area contributed by atoms with Gasteiger partial charge >= 0.3 is 0 Å². The van der Waals surface area contributed by atoms with Crippen LogP contribution >= 0.6 is 11.8 Å². The summed E-state index contributed by atoms with van der Waals surface area (Å²) in [6, 6.07) is 9.45. The van der Waals surface area contributed by atoms with Crippen LogP contribution in [0.4, 0.5) is 0 Å². The highest BCUT2D eigenvalue weighted by atomic mass is 32.2. The van der Waals surface area contributed by atoms with Crippen LogP contribution in [0.1, 0.15) is 23.7 Å². The van der Waals surface area contributed by atoms with Gasteiger partial charge in [0, 0.05) is 23.1 Å². The molecule has 0 spiro atoms. The number of aromatic nitrogens is 2. The average Bonchev–Trinajstić information content (AvgIpc) is 2.40. The quantitative estimate of drug-likeness (QED) is 0.611. The maximum absolute atomic E-state index is 11.5. The summed E-state index contributed by atoms with van der Waals surface area (Å²) in [6.45, 7) is 1.87. The molecule has 1 heterocycles. The molecule has 1 aromatic heterocycles. The van der Waals surface area contributed by atoms with Gasteiger partial charge in [-0.1, -0.05) is 30.8 Å². The van der Waals surface area contributed by atoms with Gasteiger partial charge in [0.2, 0.25) is 0 Å². The summed E-state index contributed by atoms with van der Waals surface area (Å²) in [4.78, 5) is 20.5. The number of hydrogen-bond donors (Lipinski definition) is 0. The summed E-state index contributed by atoms with van der Waals surface area (Å²) in [5.41, 5.74) is 0.763. The Kier molecular flexibility index (Phi) is 3.88. The zero-order valence-corrected chi connectivity index (χ0v) is 10.3. The SMILES string of the molecule is CCC(=O)c1ccc(Sc2ccncn2)cc1. The van der Waals surface area contributed by atoms with Crippen molar-refractivity contribution >= 4 is 17.5 Å². The normalized spacial score (nSPS) is 10.2. The van der Waals surface area contributed by atoms with Gasteiger partial charge in [-0.15, -0.1) is 0 Å². The fourth-order valence-corrected chi connectivity index (χ4v) is 2.12. The van der Waals surface area contributed by atoms with Crippen molar-refractivity contribution in [1.29, 1.82) is 0 Å². The molecule has 3 nitrogen and oxygen atoms in total. The summed E-state index contributed by atoms with van der Waals surface area (Å²) in [5, 5.41) is 0.898. The highest BCUT2D eigenvalue weighted by Crippen LogP contribution is 2.25. The van der Waals surface area contributed by atoms with Crippen molar-refractivity contribution in [2.45, 2.75) is 23.3 Å². The molecular formula is C13H12N2OS. The van der Waals surface area contributed by atoms with Crippen molar-refractivity contribution in [2.24, 2.45) is 0 Å². The largest absolute Gasteiger partial charge is 0.294 e. The molecule has 0 unspecified atom stereocenters. The third-order valence-electron chi connectivity index (χ3n) is 2.27. The standard InChI is InChI=1S/C13H12N2OS/c1-2-12(16)10-3-5-11(6-4-10)17-13-7-8-14-9-15-13/h3-9H,2H2,1H3. The van der Waals surface area contributed by atoms with Crippen LogP contribution in [0.5, 0.6) is 0 Å². The smallest absolute Gasteiger partial charge is 0.162 e. The van der Waals surface area contributed by atoms with Crippen molar-refractivity contribution in [3.8, 4) is 0 Å². The molecule has 0 N–H and O–H groups in total. The Balaban J connectivity index is 2.11. The molecule has 86 valence electrons. The minimum absolute atomic E-state index is 0.170. The molecule has 1 aromatic carbocycles. The minimum atomic E-state index is 0.170. The fraction of sp³-hybridized carbons (Fsp3) is 0.154. The summed E-state index contributed by atoms with van der Waals surface area (Å²) < 4.78 is 0. The lowest BCUT2D eigenvalue weighted by Crippen LogP contribution is -1.95. The Bertz CT molecular complexity index is 497. The first-order chi connectivity index (χ1) is 8.29. The lowest BCUT2D eigenvalue weighted by Gasteiger charge is -2.01. The Morgan fingerprint density at radius 1 is 1.24 bits per heavy atom. The van der Waals surface area contributed by atoms with Crippen molar-refractivity contribution in [3.05, 3.63) is 48.4 Å². The Hall–Kier alpha value is -1.68. The van der Waals surface area contributed by atoms with Gasteiger partial charge in [-0.05, 0) is 18.2 Å². The van der Waals surface area contributed by atoms with Crippen LogP contribution in [-0.4, -0.2) is 15.8 Å². The van der Waals surface area contributed by atoms with Crippen LogP contribution in [0.2, 0.25) is 0 Å². The Morgan fingerprint density at radius 3 is 2.59 bits per heavy atom. The first-order valence-electron chi connectivity index (χ1n) is 5.36. The van der Waals surface area contributed by atoms with E-state index in [1.165, 1.54) is 6.33 Å². The van der Waals surface area contributed by atoms with Gasteiger partial charge in [-0.3, -0.25) is 4.79 Å². The molecule has 0 amide bonds. The minimum Gasteiger partial charge on any atom is -0.294 e. The van der Waals surface area contributed by atoms with Gasteiger partial charge in [0.15, 0.2) is 5.78 Å². The molecule has 17 heavy (non-hydrogen) atoms. The molecule has 0 bridgehead atoms. The summed E-state index contributed by atoms with van der Waals surface area (Å²) in [5.74, 6) is 0.170. The molecule has 0 aliphatic heterocycles. The first-order valence-corrected chi connectivity index (χ1v) is 6.18. The van der Waals surface area contributed by atoms with E-state index in [9.17, 15) is 4.79 Å². The molecule has 2 rings (SSSR count). The molecule has 0 aliphatic carbocycles. The van der Waals surface area contributed by atoms with Gasteiger partial charge in [-0.2, -0.15) is 0 Å². The van der Waals surface area contributed by atoms with E-state index in [-0.39, 0.29) is 5.78 Å². The fourth-order valence-electron chi connectivity index (χ4n) is 1.37. The van der Waals surface area contributed by atoms with Gasteiger partial charge in [0.1, 0.15) is 11.4 Å². The number of rotatable bonds is 4. The van der Waals surface area contributed by atoms with E-state index in [1.54, 1.807) is 18.0 Å². The predicted octanol–water partition coefficient (Wildman–Crippen LogP) is 3.22. The molecule has 4 heteroatoms. The topological polar surface area (TPSA) is 42.9 Å². The molecule has 0 saturated heterocycles. The highest BCUT2D eigenvalue weighted by Gasteiger charge is 2.03. The number of ketones is 1. The molecule has 0 fully saturated rings. The van der Waals surface area contributed by atoms with Crippen LogP contribution in [0.3, 0.4) is 0 Å². The number of Topliss-reactive ketones (excluding diaryl/α,β-unsaturated/α-hetero) is 1. The van der Waals surface area contributed by atoms with Crippen molar-refractivity contribution in [2.75, 3.05) is 0 Å². The van der Waals surface area contributed by atoms with Gasteiger partial charge < -0.3 is 0 Å². The zero-order chi connectivity index (χ0) is 12.1. The van der Waals surface area contributed by atoms with E-state index >= 15 is 0 Å².